The number of piperidine rings is 2. The van der Waals surface area contributed by atoms with Crippen LogP contribution in [0, 0.1) is 5.41 Å². The number of aromatic nitrogens is 4. The first-order valence-corrected chi connectivity index (χ1v) is 11.9. The maximum absolute atomic E-state index is 10.6. The van der Waals surface area contributed by atoms with Crippen LogP contribution in [-0.2, 0) is 0 Å². The molecular weight excluding hydrogens is 426 g/mol. The molecule has 9 heteroatoms. The monoisotopic (exact) mass is 453 g/mol. The maximum Gasteiger partial charge on any atom is 0.243 e. The molecule has 1 aliphatic carbocycles. The summed E-state index contributed by atoms with van der Waals surface area (Å²) < 4.78 is 1.85. The molecule has 32 heavy (non-hydrogen) atoms. The molecule has 5 heterocycles. The van der Waals surface area contributed by atoms with Gasteiger partial charge in [0.25, 0.3) is 0 Å². The fourth-order valence-electron chi connectivity index (χ4n) is 5.23. The molecule has 6 rings (SSSR count). The fraction of sp³-hybridized carbons (Fsp3) is 0.522. The zero-order valence-electron chi connectivity index (χ0n) is 18.0. The molecule has 3 aromatic rings. The third-order valence-electron chi connectivity index (χ3n) is 7.46. The van der Waals surface area contributed by atoms with Gasteiger partial charge in [0, 0.05) is 50.3 Å². The number of nitrogens with one attached hydrogen (secondary N) is 1. The molecule has 1 spiro atoms. The molecule has 8 nitrogen and oxygen atoms in total. The SMILES string of the molecule is OC1CN(c2cccn3nc(NC4CCN(c5ccnc(Cl)c5)CC4)nc23)CCC12CC2. The lowest BCUT2D eigenvalue weighted by Gasteiger charge is -2.37. The number of pyridine rings is 2. The van der Waals surface area contributed by atoms with Crippen LogP contribution in [0.3, 0.4) is 0 Å². The highest BCUT2D eigenvalue weighted by atomic mass is 35.5. The van der Waals surface area contributed by atoms with Crippen molar-refractivity contribution < 1.29 is 5.11 Å². The topological polar surface area (TPSA) is 81.8 Å². The Balaban J connectivity index is 1.14. The Kier molecular flexibility index (Phi) is 4.87. The van der Waals surface area contributed by atoms with Crippen molar-refractivity contribution >= 4 is 34.6 Å². The summed E-state index contributed by atoms with van der Waals surface area (Å²) in [6.45, 7) is 3.53. The van der Waals surface area contributed by atoms with Gasteiger partial charge in [-0.25, -0.2) is 9.50 Å². The van der Waals surface area contributed by atoms with Gasteiger partial charge in [-0.3, -0.25) is 0 Å². The summed E-state index contributed by atoms with van der Waals surface area (Å²) in [4.78, 5) is 13.5. The van der Waals surface area contributed by atoms with Crippen molar-refractivity contribution in [2.24, 2.45) is 5.41 Å². The van der Waals surface area contributed by atoms with Crippen molar-refractivity contribution in [3.63, 3.8) is 0 Å². The van der Waals surface area contributed by atoms with E-state index in [1.165, 1.54) is 0 Å². The molecule has 2 aliphatic heterocycles. The second kappa shape index (κ2) is 7.78. The highest BCUT2D eigenvalue weighted by Gasteiger charge is 2.51. The van der Waals surface area contributed by atoms with Gasteiger partial charge < -0.3 is 20.2 Å². The van der Waals surface area contributed by atoms with Crippen molar-refractivity contribution in [2.45, 2.75) is 44.2 Å². The number of hydrogen-bond acceptors (Lipinski definition) is 7. The quantitative estimate of drug-likeness (QED) is 0.587. The van der Waals surface area contributed by atoms with E-state index in [9.17, 15) is 5.11 Å². The van der Waals surface area contributed by atoms with Crippen molar-refractivity contribution in [3.8, 4) is 0 Å². The minimum absolute atomic E-state index is 0.193. The van der Waals surface area contributed by atoms with E-state index in [1.807, 2.05) is 28.9 Å². The number of hydrogen-bond donors (Lipinski definition) is 2. The predicted molar refractivity (Wildman–Crippen MR) is 126 cm³/mol. The van der Waals surface area contributed by atoms with Gasteiger partial charge in [0.1, 0.15) is 5.15 Å². The number of aliphatic hydroxyl groups is 1. The van der Waals surface area contributed by atoms with Crippen LogP contribution < -0.4 is 15.1 Å². The molecule has 0 bridgehead atoms. The van der Waals surface area contributed by atoms with Gasteiger partial charge in [-0.05, 0) is 61.8 Å². The van der Waals surface area contributed by atoms with E-state index in [0.717, 1.165) is 68.8 Å². The Bertz CT molecular complexity index is 1120. The highest BCUT2D eigenvalue weighted by Crippen LogP contribution is 2.54. The standard InChI is InChI=1S/C23H28ClN7O/c24-20-14-17(3-9-25-20)29-11-4-16(5-12-29)26-22-27-21-18(2-1-10-31(21)28-22)30-13-8-23(6-7-23)19(32)15-30/h1-3,9-10,14,16,19,32H,4-8,11-13,15H2,(H,26,28). The van der Waals surface area contributed by atoms with Gasteiger partial charge in [-0.2, -0.15) is 4.98 Å². The van der Waals surface area contributed by atoms with Gasteiger partial charge in [0.2, 0.25) is 5.95 Å². The molecule has 0 aromatic carbocycles. The number of rotatable bonds is 4. The normalized spacial score (nSPS) is 23.1. The van der Waals surface area contributed by atoms with Crippen LogP contribution in [0.2, 0.25) is 5.15 Å². The van der Waals surface area contributed by atoms with Gasteiger partial charge >= 0.3 is 0 Å². The number of aliphatic hydroxyl groups excluding tert-OH is 1. The van der Waals surface area contributed by atoms with E-state index in [4.69, 9.17) is 16.6 Å². The van der Waals surface area contributed by atoms with Crippen LogP contribution >= 0.6 is 11.6 Å². The first kappa shape index (κ1) is 20.1. The fourth-order valence-corrected chi connectivity index (χ4v) is 5.40. The Morgan fingerprint density at radius 1 is 1.09 bits per heavy atom. The number of nitrogens with zero attached hydrogens (tertiary/aromatic N) is 6. The van der Waals surface area contributed by atoms with Crippen molar-refractivity contribution in [2.75, 3.05) is 41.3 Å². The van der Waals surface area contributed by atoms with Crippen LogP contribution in [0.1, 0.15) is 32.1 Å². The molecule has 1 atom stereocenters. The second-order valence-electron chi connectivity index (χ2n) is 9.41. The average Bonchev–Trinajstić information content (AvgIpc) is 3.47. The van der Waals surface area contributed by atoms with E-state index in [0.29, 0.717) is 23.7 Å². The first-order valence-electron chi connectivity index (χ1n) is 11.5. The third-order valence-corrected chi connectivity index (χ3v) is 7.66. The molecule has 1 unspecified atom stereocenters. The summed E-state index contributed by atoms with van der Waals surface area (Å²) >= 11 is 6.05. The van der Waals surface area contributed by atoms with Gasteiger partial charge in [-0.1, -0.05) is 11.6 Å². The van der Waals surface area contributed by atoms with Crippen molar-refractivity contribution in [1.29, 1.82) is 0 Å². The molecule has 3 aromatic heterocycles. The van der Waals surface area contributed by atoms with E-state index >= 15 is 0 Å². The maximum atomic E-state index is 10.6. The molecule has 3 aliphatic rings. The lowest BCUT2D eigenvalue weighted by atomic mass is 9.90. The minimum Gasteiger partial charge on any atom is -0.391 e. The summed E-state index contributed by atoms with van der Waals surface area (Å²) in [6.07, 6.45) is 8.83. The van der Waals surface area contributed by atoms with E-state index in [1.54, 1.807) is 6.20 Å². The Labute approximate surface area is 192 Å². The van der Waals surface area contributed by atoms with Gasteiger partial charge in [-0.15, -0.1) is 5.10 Å². The van der Waals surface area contributed by atoms with Crippen LogP contribution in [-0.4, -0.2) is 63.0 Å². The van der Waals surface area contributed by atoms with Crippen LogP contribution in [0.25, 0.3) is 5.65 Å². The number of fused-ring (bicyclic) bond motifs is 1. The first-order chi connectivity index (χ1) is 15.6. The third kappa shape index (κ3) is 3.65. The molecule has 1 saturated carbocycles. The Morgan fingerprint density at radius 3 is 2.69 bits per heavy atom. The van der Waals surface area contributed by atoms with Crippen LogP contribution in [0.4, 0.5) is 17.3 Å². The predicted octanol–water partition coefficient (Wildman–Crippen LogP) is 3.21. The van der Waals surface area contributed by atoms with Crippen molar-refractivity contribution in [1.82, 2.24) is 19.6 Å². The molecule has 3 fully saturated rings. The summed E-state index contributed by atoms with van der Waals surface area (Å²) in [7, 11) is 0. The summed E-state index contributed by atoms with van der Waals surface area (Å²) in [5.74, 6) is 0.666. The molecule has 2 saturated heterocycles. The van der Waals surface area contributed by atoms with Crippen LogP contribution in [0.15, 0.2) is 36.7 Å². The average molecular weight is 454 g/mol. The second-order valence-corrected chi connectivity index (χ2v) is 9.80. The van der Waals surface area contributed by atoms with E-state index in [-0.39, 0.29) is 11.5 Å². The lowest BCUT2D eigenvalue weighted by molar-refractivity contribution is 0.0777. The number of β-amino-alcohol motifs (C(OH)–C–C–N with tert-alkyl or cyclic N) is 1. The minimum atomic E-state index is -0.252. The Hall–Kier alpha value is -2.58. The van der Waals surface area contributed by atoms with E-state index < -0.39 is 0 Å². The zero-order valence-corrected chi connectivity index (χ0v) is 18.7. The number of halogens is 1. The number of anilines is 3. The highest BCUT2D eigenvalue weighted by molar-refractivity contribution is 6.29. The molecule has 168 valence electrons. The summed E-state index contributed by atoms with van der Waals surface area (Å²) in [5, 5.41) is 19.4. The summed E-state index contributed by atoms with van der Waals surface area (Å²) in [6, 6.07) is 8.35. The zero-order chi connectivity index (χ0) is 21.7. The van der Waals surface area contributed by atoms with E-state index in [2.05, 4.69) is 31.3 Å². The lowest BCUT2D eigenvalue weighted by Crippen LogP contribution is -2.45. The molecule has 0 radical (unpaired) electrons. The van der Waals surface area contributed by atoms with Crippen LogP contribution in [0.5, 0.6) is 0 Å². The van der Waals surface area contributed by atoms with Gasteiger partial charge in [0.05, 0.1) is 11.8 Å². The molecule has 0 amide bonds. The van der Waals surface area contributed by atoms with Crippen molar-refractivity contribution in [3.05, 3.63) is 41.8 Å². The molecule has 2 N–H and O–H groups in total. The Morgan fingerprint density at radius 2 is 1.94 bits per heavy atom. The smallest absolute Gasteiger partial charge is 0.243 e. The molecular formula is C23H28ClN7O. The van der Waals surface area contributed by atoms with Gasteiger partial charge in [0.15, 0.2) is 5.65 Å². The summed E-state index contributed by atoms with van der Waals surface area (Å²) in [5.41, 5.74) is 3.21. The largest absolute Gasteiger partial charge is 0.391 e.